The Morgan fingerprint density at radius 2 is 1.96 bits per heavy atom. The molecule has 2 rings (SSSR count). The van der Waals surface area contributed by atoms with Crippen molar-refractivity contribution in [3.05, 3.63) is 53.9 Å². The van der Waals surface area contributed by atoms with E-state index in [1.54, 1.807) is 12.1 Å². The van der Waals surface area contributed by atoms with Gasteiger partial charge in [-0.15, -0.1) is 0 Å². The van der Waals surface area contributed by atoms with Gasteiger partial charge in [0.1, 0.15) is 0 Å². The van der Waals surface area contributed by atoms with Crippen molar-refractivity contribution in [2.24, 2.45) is 0 Å². The fourth-order valence-electron chi connectivity index (χ4n) is 2.01. The molecule has 1 N–H and O–H groups in total. The minimum absolute atomic E-state index is 0.0136. The molecule has 0 aliphatic carbocycles. The maximum atomic E-state index is 12.8. The van der Waals surface area contributed by atoms with Gasteiger partial charge in [0.05, 0.1) is 11.1 Å². The van der Waals surface area contributed by atoms with E-state index in [1.807, 2.05) is 13.8 Å². The Bertz CT molecular complexity index is 698. The number of alkyl halides is 3. The van der Waals surface area contributed by atoms with Crippen LogP contribution in [0.25, 0.3) is 11.1 Å². The van der Waals surface area contributed by atoms with Crippen LogP contribution < -0.4 is 5.32 Å². The van der Waals surface area contributed by atoms with Crippen LogP contribution in [0.5, 0.6) is 0 Å². The molecule has 1 aromatic carbocycles. The third kappa shape index (κ3) is 4.31. The molecule has 1 amide bonds. The molecular formula is C17H17F3N2O. The highest BCUT2D eigenvalue weighted by Crippen LogP contribution is 2.32. The van der Waals surface area contributed by atoms with Gasteiger partial charge >= 0.3 is 6.18 Å². The van der Waals surface area contributed by atoms with Crippen LogP contribution in [-0.4, -0.2) is 16.9 Å². The van der Waals surface area contributed by atoms with E-state index in [9.17, 15) is 18.0 Å². The van der Waals surface area contributed by atoms with Gasteiger partial charge < -0.3 is 5.32 Å². The summed E-state index contributed by atoms with van der Waals surface area (Å²) < 4.78 is 38.4. The molecule has 23 heavy (non-hydrogen) atoms. The zero-order chi connectivity index (χ0) is 17.0. The van der Waals surface area contributed by atoms with Gasteiger partial charge in [0.15, 0.2) is 0 Å². The van der Waals surface area contributed by atoms with Crippen LogP contribution in [0.2, 0.25) is 0 Å². The number of benzene rings is 1. The lowest BCUT2D eigenvalue weighted by atomic mass is 10.0. The summed E-state index contributed by atoms with van der Waals surface area (Å²) in [6.07, 6.45) is -0.786. The molecule has 122 valence electrons. The lowest BCUT2D eigenvalue weighted by molar-refractivity contribution is -0.137. The number of nitrogens with one attached hydrogen (secondary N) is 1. The second-order valence-corrected chi connectivity index (χ2v) is 5.32. The van der Waals surface area contributed by atoms with Crippen LogP contribution in [0.4, 0.5) is 13.2 Å². The first-order chi connectivity index (χ1) is 10.8. The van der Waals surface area contributed by atoms with E-state index in [4.69, 9.17) is 0 Å². The van der Waals surface area contributed by atoms with Crippen LogP contribution in [0, 0.1) is 0 Å². The van der Waals surface area contributed by atoms with Crippen molar-refractivity contribution in [2.75, 3.05) is 0 Å². The Morgan fingerprint density at radius 3 is 2.61 bits per heavy atom. The number of amides is 1. The number of halogens is 3. The standard InChI is InChI=1S/C17H17F3N2O/c1-3-11(2)22-16(23)14-7-13(9-21-10-14)12-5-4-6-15(8-12)17(18,19)20/h4-11H,3H2,1-2H3,(H,22,23)/t11-/m1/s1. The van der Waals surface area contributed by atoms with Crippen molar-refractivity contribution in [1.82, 2.24) is 10.3 Å². The molecule has 0 spiro atoms. The quantitative estimate of drug-likeness (QED) is 0.912. The molecule has 0 aliphatic heterocycles. The molecule has 0 radical (unpaired) electrons. The van der Waals surface area contributed by atoms with Crippen LogP contribution in [0.3, 0.4) is 0 Å². The number of carbonyl (C=O) groups is 1. The summed E-state index contributed by atoms with van der Waals surface area (Å²) in [6, 6.07) is 6.51. The monoisotopic (exact) mass is 322 g/mol. The average molecular weight is 322 g/mol. The SMILES string of the molecule is CC[C@@H](C)NC(=O)c1cncc(-c2cccc(C(F)(F)F)c2)c1. The van der Waals surface area contributed by atoms with Crippen LogP contribution in [0.15, 0.2) is 42.7 Å². The molecule has 0 saturated heterocycles. The molecule has 0 aliphatic rings. The Morgan fingerprint density at radius 1 is 1.22 bits per heavy atom. The van der Waals surface area contributed by atoms with Crippen molar-refractivity contribution < 1.29 is 18.0 Å². The Kier molecular flexibility index (Phi) is 5.03. The van der Waals surface area contributed by atoms with Gasteiger partial charge in [-0.3, -0.25) is 9.78 Å². The van der Waals surface area contributed by atoms with Gasteiger partial charge in [0.25, 0.3) is 5.91 Å². The zero-order valence-corrected chi connectivity index (χ0v) is 12.8. The summed E-state index contributed by atoms with van der Waals surface area (Å²) in [6.45, 7) is 3.82. The smallest absolute Gasteiger partial charge is 0.350 e. The maximum absolute atomic E-state index is 12.8. The van der Waals surface area contributed by atoms with Crippen molar-refractivity contribution in [1.29, 1.82) is 0 Å². The third-order valence-electron chi connectivity index (χ3n) is 3.51. The summed E-state index contributed by atoms with van der Waals surface area (Å²) in [5, 5.41) is 2.80. The number of nitrogens with zero attached hydrogens (tertiary/aromatic N) is 1. The number of rotatable bonds is 4. The highest BCUT2D eigenvalue weighted by atomic mass is 19.4. The molecule has 0 fully saturated rings. The van der Waals surface area contributed by atoms with E-state index < -0.39 is 11.7 Å². The molecule has 1 atom stereocenters. The first-order valence-corrected chi connectivity index (χ1v) is 7.24. The van der Waals surface area contributed by atoms with Crippen molar-refractivity contribution in [3.8, 4) is 11.1 Å². The van der Waals surface area contributed by atoms with Gasteiger partial charge in [-0.1, -0.05) is 19.1 Å². The maximum Gasteiger partial charge on any atom is 0.416 e. The lowest BCUT2D eigenvalue weighted by Gasteiger charge is -2.12. The highest BCUT2D eigenvalue weighted by molar-refractivity contribution is 5.95. The molecule has 2 aromatic rings. The zero-order valence-electron chi connectivity index (χ0n) is 12.8. The van der Waals surface area contributed by atoms with Gasteiger partial charge in [0, 0.05) is 24.0 Å². The normalized spacial score (nSPS) is 12.7. The van der Waals surface area contributed by atoms with Crippen LogP contribution in [0.1, 0.15) is 36.2 Å². The van der Waals surface area contributed by atoms with E-state index in [0.717, 1.165) is 18.6 Å². The first kappa shape index (κ1) is 17.0. The summed E-state index contributed by atoms with van der Waals surface area (Å²) in [4.78, 5) is 16.1. The summed E-state index contributed by atoms with van der Waals surface area (Å²) in [7, 11) is 0. The number of carbonyl (C=O) groups excluding carboxylic acids is 1. The molecule has 3 nitrogen and oxygen atoms in total. The van der Waals surface area contributed by atoms with Gasteiger partial charge in [0.2, 0.25) is 0 Å². The molecule has 1 heterocycles. The highest BCUT2D eigenvalue weighted by Gasteiger charge is 2.30. The predicted molar refractivity (Wildman–Crippen MR) is 81.9 cm³/mol. The fraction of sp³-hybridized carbons (Fsp3) is 0.294. The Hall–Kier alpha value is -2.37. The molecule has 1 aromatic heterocycles. The van der Waals surface area contributed by atoms with Gasteiger partial charge in [-0.25, -0.2) is 0 Å². The molecule has 0 unspecified atom stereocenters. The van der Waals surface area contributed by atoms with Crippen molar-refractivity contribution in [2.45, 2.75) is 32.5 Å². The molecule has 6 heteroatoms. The second kappa shape index (κ2) is 6.81. The average Bonchev–Trinajstić information content (AvgIpc) is 2.54. The van der Waals surface area contributed by atoms with Gasteiger partial charge in [-0.2, -0.15) is 13.2 Å². The number of hydrogen-bond acceptors (Lipinski definition) is 2. The Labute approximate surface area is 132 Å². The van der Waals surface area contributed by atoms with Crippen molar-refractivity contribution in [3.63, 3.8) is 0 Å². The largest absolute Gasteiger partial charge is 0.416 e. The topological polar surface area (TPSA) is 42.0 Å². The van der Waals surface area contributed by atoms with Crippen LogP contribution in [-0.2, 0) is 6.18 Å². The van der Waals surface area contributed by atoms with E-state index in [1.165, 1.54) is 18.5 Å². The van der Waals surface area contributed by atoms with E-state index >= 15 is 0 Å². The molecular weight excluding hydrogens is 305 g/mol. The fourth-order valence-corrected chi connectivity index (χ4v) is 2.01. The Balaban J connectivity index is 2.32. The molecule has 0 saturated carbocycles. The van der Waals surface area contributed by atoms with E-state index in [-0.39, 0.29) is 11.9 Å². The summed E-state index contributed by atoms with van der Waals surface area (Å²) in [5.74, 6) is -0.291. The summed E-state index contributed by atoms with van der Waals surface area (Å²) in [5.41, 5.74) is 0.420. The number of hydrogen-bond donors (Lipinski definition) is 1. The minimum Gasteiger partial charge on any atom is -0.350 e. The number of aromatic nitrogens is 1. The van der Waals surface area contributed by atoms with E-state index in [0.29, 0.717) is 16.7 Å². The molecule has 0 bridgehead atoms. The predicted octanol–water partition coefficient (Wildman–Crippen LogP) is 4.30. The second-order valence-electron chi connectivity index (χ2n) is 5.32. The first-order valence-electron chi connectivity index (χ1n) is 7.24. The third-order valence-corrected chi connectivity index (χ3v) is 3.51. The van der Waals surface area contributed by atoms with E-state index in [2.05, 4.69) is 10.3 Å². The van der Waals surface area contributed by atoms with Crippen molar-refractivity contribution >= 4 is 5.91 Å². The lowest BCUT2D eigenvalue weighted by Crippen LogP contribution is -2.31. The summed E-state index contributed by atoms with van der Waals surface area (Å²) >= 11 is 0. The number of pyridine rings is 1. The minimum atomic E-state index is -4.41. The van der Waals surface area contributed by atoms with Gasteiger partial charge in [-0.05, 0) is 37.1 Å². The van der Waals surface area contributed by atoms with Crippen LogP contribution >= 0.6 is 0 Å².